The third-order valence-electron chi connectivity index (χ3n) is 3.45. The van der Waals surface area contributed by atoms with Crippen LogP contribution in [0.25, 0.3) is 0 Å². The minimum atomic E-state index is 0. The molecule has 6 nitrogen and oxygen atoms in total. The number of aliphatic imine (C=N–C) groups is 1. The van der Waals surface area contributed by atoms with Crippen LogP contribution in [0.2, 0.25) is 0 Å². The predicted octanol–water partition coefficient (Wildman–Crippen LogP) is 2.79. The van der Waals surface area contributed by atoms with Gasteiger partial charge in [-0.15, -0.1) is 24.0 Å². The normalized spacial score (nSPS) is 17.2. The molecule has 1 saturated heterocycles. The van der Waals surface area contributed by atoms with E-state index in [0.29, 0.717) is 25.0 Å². The molecule has 1 aromatic heterocycles. The summed E-state index contributed by atoms with van der Waals surface area (Å²) in [4.78, 5) is 8.56. The van der Waals surface area contributed by atoms with Crippen LogP contribution in [0.1, 0.15) is 12.0 Å². The number of nitrogens with zero attached hydrogens (tertiary/aromatic N) is 2. The van der Waals surface area contributed by atoms with Crippen molar-refractivity contribution < 1.29 is 9.47 Å². The third kappa shape index (κ3) is 5.64. The quantitative estimate of drug-likeness (QED) is 0.425. The molecule has 1 fully saturated rings. The molecule has 0 saturated carbocycles. The van der Waals surface area contributed by atoms with E-state index in [4.69, 9.17) is 15.2 Å². The maximum Gasteiger partial charge on any atom is 0.213 e. The number of pyridine rings is 1. The fraction of sp³-hybridized carbons (Fsp3) is 0.294. The summed E-state index contributed by atoms with van der Waals surface area (Å²) in [5, 5.41) is 3.05. The monoisotopic (exact) mass is 440 g/mol. The Bertz CT molecular complexity index is 661. The molecule has 2 aromatic rings. The summed E-state index contributed by atoms with van der Waals surface area (Å²) in [5.74, 6) is 0.975. The molecule has 24 heavy (non-hydrogen) atoms. The van der Waals surface area contributed by atoms with Gasteiger partial charge in [0.2, 0.25) is 5.88 Å². The number of benzene rings is 1. The van der Waals surface area contributed by atoms with Crippen molar-refractivity contribution in [2.45, 2.75) is 19.1 Å². The number of ether oxygens (including phenoxy) is 2. The van der Waals surface area contributed by atoms with E-state index in [0.717, 1.165) is 24.3 Å². The Hall–Kier alpha value is -1.87. The summed E-state index contributed by atoms with van der Waals surface area (Å²) >= 11 is 0. The average Bonchev–Trinajstić information content (AvgIpc) is 3.07. The Morgan fingerprint density at radius 1 is 1.33 bits per heavy atom. The van der Waals surface area contributed by atoms with Gasteiger partial charge in [0.25, 0.3) is 0 Å². The van der Waals surface area contributed by atoms with Gasteiger partial charge in [0, 0.05) is 24.4 Å². The molecule has 3 N–H and O–H groups in total. The summed E-state index contributed by atoms with van der Waals surface area (Å²) < 4.78 is 11.1. The van der Waals surface area contributed by atoms with E-state index in [1.807, 2.05) is 42.5 Å². The highest BCUT2D eigenvalue weighted by atomic mass is 127. The van der Waals surface area contributed by atoms with E-state index in [1.165, 1.54) is 0 Å². The smallest absolute Gasteiger partial charge is 0.213 e. The number of nitrogens with one attached hydrogen (secondary N) is 1. The van der Waals surface area contributed by atoms with Crippen LogP contribution in [0.15, 0.2) is 53.7 Å². The molecular formula is C17H21IN4O2. The molecule has 1 aliphatic rings. The number of rotatable bonds is 5. The SMILES string of the molecule is I.NC(=NCc1ccnc(OC2CCOC2)c1)Nc1ccccc1. The van der Waals surface area contributed by atoms with Gasteiger partial charge in [-0.1, -0.05) is 18.2 Å². The molecule has 1 aromatic carbocycles. The average molecular weight is 440 g/mol. The molecule has 3 rings (SSSR count). The number of guanidine groups is 1. The van der Waals surface area contributed by atoms with E-state index >= 15 is 0 Å². The van der Waals surface area contributed by atoms with Crippen LogP contribution in [0, 0.1) is 0 Å². The van der Waals surface area contributed by atoms with E-state index < -0.39 is 0 Å². The van der Waals surface area contributed by atoms with Gasteiger partial charge >= 0.3 is 0 Å². The Balaban J connectivity index is 0.00000208. The number of nitrogens with two attached hydrogens (primary N) is 1. The molecular weight excluding hydrogens is 419 g/mol. The van der Waals surface area contributed by atoms with Gasteiger partial charge in [0.05, 0.1) is 19.8 Å². The summed E-state index contributed by atoms with van der Waals surface area (Å²) in [6, 6.07) is 13.5. The summed E-state index contributed by atoms with van der Waals surface area (Å²) in [6.07, 6.45) is 2.71. The maximum absolute atomic E-state index is 5.90. The fourth-order valence-electron chi connectivity index (χ4n) is 2.28. The molecule has 0 bridgehead atoms. The number of aromatic nitrogens is 1. The lowest BCUT2D eigenvalue weighted by molar-refractivity contribution is 0.138. The highest BCUT2D eigenvalue weighted by Gasteiger charge is 2.17. The first-order chi connectivity index (χ1) is 11.3. The van der Waals surface area contributed by atoms with Crippen LogP contribution in [0.5, 0.6) is 5.88 Å². The van der Waals surface area contributed by atoms with Crippen LogP contribution in [0.4, 0.5) is 5.69 Å². The Kier molecular flexibility index (Phi) is 7.26. The van der Waals surface area contributed by atoms with Crippen LogP contribution in [0.3, 0.4) is 0 Å². The Labute approximate surface area is 158 Å². The van der Waals surface area contributed by atoms with Gasteiger partial charge < -0.3 is 20.5 Å². The van der Waals surface area contributed by atoms with Crippen molar-refractivity contribution in [3.63, 3.8) is 0 Å². The Morgan fingerprint density at radius 2 is 2.17 bits per heavy atom. The third-order valence-corrected chi connectivity index (χ3v) is 3.45. The largest absolute Gasteiger partial charge is 0.472 e. The van der Waals surface area contributed by atoms with Crippen molar-refractivity contribution in [1.29, 1.82) is 0 Å². The maximum atomic E-state index is 5.90. The minimum absolute atomic E-state index is 0. The molecule has 1 atom stereocenters. The zero-order chi connectivity index (χ0) is 15.9. The van der Waals surface area contributed by atoms with Gasteiger partial charge in [0.15, 0.2) is 5.96 Å². The first-order valence-corrected chi connectivity index (χ1v) is 7.61. The number of hydrogen-bond acceptors (Lipinski definition) is 4. The topological polar surface area (TPSA) is 81.8 Å². The van der Waals surface area contributed by atoms with Crippen LogP contribution in [-0.2, 0) is 11.3 Å². The zero-order valence-corrected chi connectivity index (χ0v) is 15.6. The second-order valence-electron chi connectivity index (χ2n) is 5.30. The molecule has 0 spiro atoms. The van der Waals surface area contributed by atoms with Gasteiger partial charge in [-0.05, 0) is 23.8 Å². The van der Waals surface area contributed by atoms with Crippen molar-refractivity contribution in [2.24, 2.45) is 10.7 Å². The second-order valence-corrected chi connectivity index (χ2v) is 5.30. The molecule has 0 amide bonds. The number of para-hydroxylation sites is 1. The summed E-state index contributed by atoms with van der Waals surface area (Å²) in [7, 11) is 0. The van der Waals surface area contributed by atoms with Crippen LogP contribution in [-0.4, -0.2) is 30.3 Å². The second kappa shape index (κ2) is 9.43. The van der Waals surface area contributed by atoms with Crippen LogP contribution < -0.4 is 15.8 Å². The number of halogens is 1. The number of hydrogen-bond donors (Lipinski definition) is 2. The molecule has 1 aliphatic heterocycles. The molecule has 0 radical (unpaired) electrons. The first-order valence-electron chi connectivity index (χ1n) is 7.61. The van der Waals surface area contributed by atoms with Crippen molar-refractivity contribution in [1.82, 2.24) is 4.98 Å². The van der Waals surface area contributed by atoms with Crippen molar-refractivity contribution in [3.8, 4) is 5.88 Å². The molecule has 1 unspecified atom stereocenters. The van der Waals surface area contributed by atoms with Crippen molar-refractivity contribution in [3.05, 3.63) is 54.2 Å². The standard InChI is InChI=1S/C17H20N4O2.HI/c18-17(21-14-4-2-1-3-5-14)20-11-13-6-8-19-16(10-13)23-15-7-9-22-12-15;/h1-6,8,10,15H,7,9,11-12H2,(H3,18,20,21);1H. The summed E-state index contributed by atoms with van der Waals surface area (Å²) in [5.41, 5.74) is 7.80. The zero-order valence-electron chi connectivity index (χ0n) is 13.2. The van der Waals surface area contributed by atoms with Crippen molar-refractivity contribution in [2.75, 3.05) is 18.5 Å². The molecule has 2 heterocycles. The Morgan fingerprint density at radius 3 is 2.92 bits per heavy atom. The lowest BCUT2D eigenvalue weighted by Crippen LogP contribution is -2.22. The van der Waals surface area contributed by atoms with Crippen molar-refractivity contribution >= 4 is 35.6 Å². The molecule has 0 aliphatic carbocycles. The predicted molar refractivity (Wildman–Crippen MR) is 105 cm³/mol. The van der Waals surface area contributed by atoms with Gasteiger partial charge in [-0.2, -0.15) is 0 Å². The molecule has 128 valence electrons. The minimum Gasteiger partial charge on any atom is -0.472 e. The van der Waals surface area contributed by atoms with Gasteiger partial charge in [0.1, 0.15) is 6.10 Å². The highest BCUT2D eigenvalue weighted by molar-refractivity contribution is 14.0. The van der Waals surface area contributed by atoms with E-state index in [2.05, 4.69) is 15.3 Å². The molecule has 7 heteroatoms. The highest BCUT2D eigenvalue weighted by Crippen LogP contribution is 2.16. The van der Waals surface area contributed by atoms with E-state index in [1.54, 1.807) is 6.20 Å². The van der Waals surface area contributed by atoms with E-state index in [-0.39, 0.29) is 30.1 Å². The van der Waals surface area contributed by atoms with E-state index in [9.17, 15) is 0 Å². The summed E-state index contributed by atoms with van der Waals surface area (Å²) in [6.45, 7) is 1.83. The lowest BCUT2D eigenvalue weighted by Gasteiger charge is -2.11. The van der Waals surface area contributed by atoms with Crippen LogP contribution >= 0.6 is 24.0 Å². The first kappa shape index (κ1) is 18.5. The number of anilines is 1. The van der Waals surface area contributed by atoms with Gasteiger partial charge in [-0.25, -0.2) is 9.98 Å². The fourth-order valence-corrected chi connectivity index (χ4v) is 2.28. The lowest BCUT2D eigenvalue weighted by atomic mass is 10.2. The van der Waals surface area contributed by atoms with Gasteiger partial charge in [-0.3, -0.25) is 0 Å².